The Morgan fingerprint density at radius 2 is 2.35 bits per heavy atom. The van der Waals surface area contributed by atoms with Crippen molar-refractivity contribution in [1.29, 1.82) is 0 Å². The molecule has 106 valence electrons. The van der Waals surface area contributed by atoms with Gasteiger partial charge in [-0.05, 0) is 19.8 Å². The van der Waals surface area contributed by atoms with Crippen LogP contribution in [0.5, 0.6) is 0 Å². The van der Waals surface area contributed by atoms with Crippen molar-refractivity contribution < 1.29 is 4.79 Å². The van der Waals surface area contributed by atoms with Crippen molar-refractivity contribution in [3.05, 3.63) is 28.8 Å². The van der Waals surface area contributed by atoms with Crippen molar-refractivity contribution >= 4 is 22.4 Å². The molecule has 1 aliphatic heterocycles. The average Bonchev–Trinajstić information content (AvgIpc) is 3.05. The molecule has 3 heterocycles. The van der Waals surface area contributed by atoms with E-state index in [2.05, 4.69) is 26.8 Å². The van der Waals surface area contributed by atoms with E-state index in [9.17, 15) is 4.79 Å². The lowest BCUT2D eigenvalue weighted by Gasteiger charge is -2.23. The second-order valence-electron chi connectivity index (χ2n) is 5.11. The molecule has 3 rings (SSSR count). The number of carbonyl (C=O) groups excluding carboxylic acids is 1. The predicted molar refractivity (Wildman–Crippen MR) is 78.9 cm³/mol. The largest absolute Gasteiger partial charge is 0.332 e. The van der Waals surface area contributed by atoms with Crippen LogP contribution in [-0.2, 0) is 24.2 Å². The molecule has 0 spiro atoms. The molecule has 0 saturated heterocycles. The normalized spacial score (nSPS) is 17.8. The number of anilines is 1. The van der Waals surface area contributed by atoms with Gasteiger partial charge >= 0.3 is 0 Å². The van der Waals surface area contributed by atoms with Crippen LogP contribution in [0.25, 0.3) is 0 Å². The Bertz CT molecular complexity index is 631. The Morgan fingerprint density at radius 3 is 3.10 bits per heavy atom. The first kappa shape index (κ1) is 13.3. The molecule has 0 radical (unpaired) electrons. The molecule has 1 amide bonds. The molecule has 0 aliphatic carbocycles. The Balaban J connectivity index is 1.67. The van der Waals surface area contributed by atoms with E-state index in [1.54, 1.807) is 11.3 Å². The molecule has 1 N–H and O–H groups in total. The van der Waals surface area contributed by atoms with Crippen LogP contribution in [0.4, 0.5) is 5.13 Å². The van der Waals surface area contributed by atoms with Gasteiger partial charge in [0.15, 0.2) is 5.13 Å². The molecule has 0 fully saturated rings. The first-order chi connectivity index (χ1) is 9.67. The van der Waals surface area contributed by atoms with Gasteiger partial charge in [-0.2, -0.15) is 0 Å². The number of nitrogens with zero attached hydrogens (tertiary/aromatic N) is 3. The summed E-state index contributed by atoms with van der Waals surface area (Å²) in [6.07, 6.45) is 6.29. The van der Waals surface area contributed by atoms with Gasteiger partial charge in [0.2, 0.25) is 5.91 Å². The van der Waals surface area contributed by atoms with Crippen LogP contribution >= 0.6 is 11.3 Å². The topological polar surface area (TPSA) is 59.8 Å². The van der Waals surface area contributed by atoms with Gasteiger partial charge in [-0.1, -0.05) is 6.92 Å². The zero-order chi connectivity index (χ0) is 14.1. The second kappa shape index (κ2) is 5.36. The Morgan fingerprint density at radius 1 is 1.50 bits per heavy atom. The fourth-order valence-electron chi connectivity index (χ4n) is 2.58. The van der Waals surface area contributed by atoms with Gasteiger partial charge in [0.1, 0.15) is 5.82 Å². The Labute approximate surface area is 122 Å². The van der Waals surface area contributed by atoms with Crippen LogP contribution in [0.2, 0.25) is 0 Å². The van der Waals surface area contributed by atoms with Gasteiger partial charge < -0.3 is 9.88 Å². The summed E-state index contributed by atoms with van der Waals surface area (Å²) in [4.78, 5) is 22.1. The van der Waals surface area contributed by atoms with Crippen LogP contribution in [0.15, 0.2) is 12.4 Å². The van der Waals surface area contributed by atoms with Crippen LogP contribution in [0, 0.1) is 12.8 Å². The van der Waals surface area contributed by atoms with Gasteiger partial charge in [0, 0.05) is 41.8 Å². The molecule has 0 saturated carbocycles. The lowest BCUT2D eigenvalue weighted by atomic mass is 9.95. The van der Waals surface area contributed by atoms with E-state index in [0.717, 1.165) is 37.3 Å². The zero-order valence-electron chi connectivity index (χ0n) is 11.7. The van der Waals surface area contributed by atoms with E-state index in [4.69, 9.17) is 0 Å². The summed E-state index contributed by atoms with van der Waals surface area (Å²) in [6.45, 7) is 4.97. The number of rotatable bonds is 3. The van der Waals surface area contributed by atoms with Gasteiger partial charge in [0.05, 0.1) is 0 Å². The smallest absolute Gasteiger partial charge is 0.229 e. The highest BCUT2D eigenvalue weighted by Gasteiger charge is 2.26. The maximum absolute atomic E-state index is 12.3. The number of nitrogens with one attached hydrogen (secondary N) is 1. The van der Waals surface area contributed by atoms with Crippen LogP contribution in [0.3, 0.4) is 0 Å². The summed E-state index contributed by atoms with van der Waals surface area (Å²) in [7, 11) is 0. The molecule has 5 nitrogen and oxygen atoms in total. The van der Waals surface area contributed by atoms with Gasteiger partial charge in [-0.25, -0.2) is 9.97 Å². The minimum absolute atomic E-state index is 0.0209. The van der Waals surface area contributed by atoms with Crippen LogP contribution < -0.4 is 5.32 Å². The van der Waals surface area contributed by atoms with Gasteiger partial charge in [-0.3, -0.25) is 4.79 Å². The monoisotopic (exact) mass is 290 g/mol. The third kappa shape index (κ3) is 2.47. The number of hydrogen-bond donors (Lipinski definition) is 1. The fraction of sp³-hybridized carbons (Fsp3) is 0.500. The molecule has 20 heavy (non-hydrogen) atoms. The summed E-state index contributed by atoms with van der Waals surface area (Å²) in [5.74, 6) is 1.13. The molecule has 6 heteroatoms. The first-order valence-electron chi connectivity index (χ1n) is 6.94. The summed E-state index contributed by atoms with van der Waals surface area (Å²) in [6, 6.07) is 0. The van der Waals surface area contributed by atoms with Crippen LogP contribution in [-0.4, -0.2) is 20.4 Å². The highest BCUT2D eigenvalue weighted by Crippen LogP contribution is 2.24. The average molecular weight is 290 g/mol. The summed E-state index contributed by atoms with van der Waals surface area (Å²) < 4.78 is 2.20. The molecule has 1 aliphatic rings. The van der Waals surface area contributed by atoms with Crippen molar-refractivity contribution in [2.45, 2.75) is 39.7 Å². The third-order valence-electron chi connectivity index (χ3n) is 3.80. The number of thiazole rings is 1. The van der Waals surface area contributed by atoms with E-state index >= 15 is 0 Å². The number of imidazole rings is 1. The SMILES string of the molecule is CCc1cnc(NC(=O)C2CCn3c(cnc3C)C2)s1. The number of amides is 1. The number of aromatic nitrogens is 3. The van der Waals surface area contributed by atoms with E-state index in [0.29, 0.717) is 5.13 Å². The predicted octanol–water partition coefficient (Wildman–Crippen LogP) is 2.41. The van der Waals surface area contributed by atoms with Gasteiger partial charge in [0.25, 0.3) is 0 Å². The third-order valence-corrected chi connectivity index (χ3v) is 4.85. The number of fused-ring (bicyclic) bond motifs is 1. The number of carbonyl (C=O) groups is 1. The summed E-state index contributed by atoms with van der Waals surface area (Å²) >= 11 is 1.55. The fourth-order valence-corrected chi connectivity index (χ4v) is 3.34. The highest BCUT2D eigenvalue weighted by atomic mass is 32.1. The molecule has 2 aromatic heterocycles. The molecule has 0 aromatic carbocycles. The maximum atomic E-state index is 12.3. The maximum Gasteiger partial charge on any atom is 0.229 e. The van der Waals surface area contributed by atoms with E-state index in [-0.39, 0.29) is 11.8 Å². The molecular formula is C14H18N4OS. The van der Waals surface area contributed by atoms with Crippen molar-refractivity contribution in [1.82, 2.24) is 14.5 Å². The van der Waals surface area contributed by atoms with Crippen molar-refractivity contribution in [2.75, 3.05) is 5.32 Å². The number of aryl methyl sites for hydroxylation is 2. The quantitative estimate of drug-likeness (QED) is 0.944. The molecule has 1 atom stereocenters. The van der Waals surface area contributed by atoms with E-state index in [1.807, 2.05) is 19.3 Å². The van der Waals surface area contributed by atoms with Gasteiger partial charge in [-0.15, -0.1) is 11.3 Å². The lowest BCUT2D eigenvalue weighted by molar-refractivity contribution is -0.120. The Kier molecular flexibility index (Phi) is 3.56. The first-order valence-corrected chi connectivity index (χ1v) is 7.75. The van der Waals surface area contributed by atoms with Crippen molar-refractivity contribution in [3.8, 4) is 0 Å². The number of hydrogen-bond acceptors (Lipinski definition) is 4. The molecular weight excluding hydrogens is 272 g/mol. The molecule has 1 unspecified atom stereocenters. The second-order valence-corrected chi connectivity index (χ2v) is 6.23. The van der Waals surface area contributed by atoms with Crippen molar-refractivity contribution in [3.63, 3.8) is 0 Å². The standard InChI is InChI=1S/C14H18N4OS/c1-3-12-8-16-14(20-12)17-13(19)10-4-5-18-9(2)15-7-11(18)6-10/h7-8,10H,3-6H2,1-2H3,(H,16,17,19). The van der Waals surface area contributed by atoms with E-state index < -0.39 is 0 Å². The molecule has 0 bridgehead atoms. The minimum Gasteiger partial charge on any atom is -0.332 e. The van der Waals surface area contributed by atoms with Crippen molar-refractivity contribution in [2.24, 2.45) is 5.92 Å². The lowest BCUT2D eigenvalue weighted by Crippen LogP contribution is -2.30. The van der Waals surface area contributed by atoms with E-state index in [1.165, 1.54) is 4.88 Å². The zero-order valence-corrected chi connectivity index (χ0v) is 12.5. The minimum atomic E-state index is 0.0209. The Hall–Kier alpha value is -1.69. The molecule has 2 aromatic rings. The summed E-state index contributed by atoms with van der Waals surface area (Å²) in [5, 5.41) is 3.65. The van der Waals surface area contributed by atoms with Crippen LogP contribution in [0.1, 0.15) is 29.7 Å². The highest BCUT2D eigenvalue weighted by molar-refractivity contribution is 7.15. The summed E-state index contributed by atoms with van der Waals surface area (Å²) in [5.41, 5.74) is 1.15.